The zero-order chi connectivity index (χ0) is 35.6. The third-order valence-corrected chi connectivity index (χ3v) is 11.1. The molecule has 1 nitrogen and oxygen atoms in total. The van der Waals surface area contributed by atoms with Gasteiger partial charge in [-0.3, -0.25) is 0 Å². The highest BCUT2D eigenvalue weighted by Crippen LogP contribution is 2.43. The fourth-order valence-electron chi connectivity index (χ4n) is 8.55. The third-order valence-electron chi connectivity index (χ3n) is 11.1. The van der Waals surface area contributed by atoms with Gasteiger partial charge in [-0.2, -0.15) is 0 Å². The lowest BCUT2D eigenvalue weighted by Crippen LogP contribution is -1.93. The van der Waals surface area contributed by atoms with Crippen LogP contribution < -0.4 is 0 Å². The Morgan fingerprint density at radius 2 is 0.667 bits per heavy atom. The van der Waals surface area contributed by atoms with Gasteiger partial charge in [0.05, 0.1) is 11.2 Å². The number of benzene rings is 10. The van der Waals surface area contributed by atoms with Gasteiger partial charge in [-0.15, -0.1) is 0 Å². The summed E-state index contributed by atoms with van der Waals surface area (Å²) in [6.45, 7) is 0. The van der Waals surface area contributed by atoms with Gasteiger partial charge in [0.25, 0.3) is 0 Å². The second-order valence-corrected chi connectivity index (χ2v) is 14.3. The second kappa shape index (κ2) is 12.3. The molecule has 0 atom stereocenters. The van der Waals surface area contributed by atoms with Crippen molar-refractivity contribution in [2.24, 2.45) is 0 Å². The van der Waals surface area contributed by atoms with Crippen molar-refractivity contribution in [1.29, 1.82) is 0 Å². The van der Waals surface area contributed by atoms with Crippen LogP contribution in [0, 0.1) is 0 Å². The summed E-state index contributed by atoms with van der Waals surface area (Å²) in [4.78, 5) is 5.45. The Labute approximate surface area is 313 Å². The SMILES string of the molecule is c1cc(-c2cc(-c3ccc4ccccc4c3)cc(-c3ccc4ccccc4c3)c2)cc(-c2nc3ccccc3c3c4ccccc4c4ccccc4c23)c1. The van der Waals surface area contributed by atoms with Gasteiger partial charge >= 0.3 is 0 Å². The van der Waals surface area contributed by atoms with Crippen LogP contribution in [-0.4, -0.2) is 4.98 Å². The van der Waals surface area contributed by atoms with E-state index in [4.69, 9.17) is 4.98 Å². The van der Waals surface area contributed by atoms with E-state index in [0.717, 1.165) is 22.3 Å². The van der Waals surface area contributed by atoms with Crippen LogP contribution in [0.1, 0.15) is 0 Å². The molecule has 10 aromatic carbocycles. The van der Waals surface area contributed by atoms with Crippen LogP contribution in [0.15, 0.2) is 200 Å². The van der Waals surface area contributed by atoms with Crippen molar-refractivity contribution in [3.8, 4) is 44.6 Å². The summed E-state index contributed by atoms with van der Waals surface area (Å²) in [6.07, 6.45) is 0. The van der Waals surface area contributed by atoms with Crippen LogP contribution in [0.3, 0.4) is 0 Å². The first-order chi connectivity index (χ1) is 26.7. The van der Waals surface area contributed by atoms with Gasteiger partial charge in [0, 0.05) is 21.7 Å². The van der Waals surface area contributed by atoms with E-state index in [1.54, 1.807) is 0 Å². The maximum Gasteiger partial charge on any atom is 0.0794 e. The van der Waals surface area contributed by atoms with Crippen molar-refractivity contribution in [2.45, 2.75) is 0 Å². The van der Waals surface area contributed by atoms with E-state index in [-0.39, 0.29) is 0 Å². The standard InChI is InChI=1S/C53H33N/c1-3-14-36-28-39(26-24-34(36)12-1)43-31-42(32-44(33-43)40-27-25-35-13-2-4-15-37(35)29-40)38-16-11-17-41(30-38)53-52-48-21-8-6-19-46(48)45-18-5-7-20-47(45)51(52)49-22-9-10-23-50(49)54-53/h1-33H. The molecule has 0 fully saturated rings. The minimum atomic E-state index is 1.00. The van der Waals surface area contributed by atoms with Crippen molar-refractivity contribution >= 4 is 64.8 Å². The Morgan fingerprint density at radius 3 is 1.26 bits per heavy atom. The van der Waals surface area contributed by atoms with Crippen molar-refractivity contribution < 1.29 is 0 Å². The minimum absolute atomic E-state index is 1.00. The highest BCUT2D eigenvalue weighted by Gasteiger charge is 2.18. The molecule has 0 radical (unpaired) electrons. The maximum atomic E-state index is 5.45. The van der Waals surface area contributed by atoms with Gasteiger partial charge in [0.1, 0.15) is 0 Å². The number of aromatic nitrogens is 1. The largest absolute Gasteiger partial charge is 0.247 e. The topological polar surface area (TPSA) is 12.9 Å². The van der Waals surface area contributed by atoms with E-state index in [1.807, 2.05) is 0 Å². The molecule has 250 valence electrons. The first-order valence-electron chi connectivity index (χ1n) is 18.6. The molecular weight excluding hydrogens is 651 g/mol. The zero-order valence-electron chi connectivity index (χ0n) is 29.5. The molecule has 0 saturated carbocycles. The van der Waals surface area contributed by atoms with Gasteiger partial charge in [-0.25, -0.2) is 4.98 Å². The van der Waals surface area contributed by atoms with E-state index < -0.39 is 0 Å². The Balaban J connectivity index is 1.16. The summed E-state index contributed by atoms with van der Waals surface area (Å²) in [5, 5.41) is 13.6. The van der Waals surface area contributed by atoms with Gasteiger partial charge in [0.15, 0.2) is 0 Å². The van der Waals surface area contributed by atoms with Gasteiger partial charge in [-0.05, 0) is 119 Å². The summed E-state index contributed by atoms with van der Waals surface area (Å²) in [6, 6.07) is 73.0. The summed E-state index contributed by atoms with van der Waals surface area (Å²) in [5.74, 6) is 0. The number of fused-ring (bicyclic) bond motifs is 10. The van der Waals surface area contributed by atoms with E-state index in [0.29, 0.717) is 0 Å². The molecule has 0 bridgehead atoms. The average molecular weight is 684 g/mol. The van der Waals surface area contributed by atoms with Crippen LogP contribution in [-0.2, 0) is 0 Å². The van der Waals surface area contributed by atoms with Crippen LogP contribution in [0.4, 0.5) is 0 Å². The third kappa shape index (κ3) is 4.98. The number of nitrogens with zero attached hydrogens (tertiary/aromatic N) is 1. The van der Waals surface area contributed by atoms with Crippen LogP contribution in [0.25, 0.3) is 109 Å². The van der Waals surface area contributed by atoms with E-state index >= 15 is 0 Å². The molecule has 11 aromatic rings. The lowest BCUT2D eigenvalue weighted by molar-refractivity contribution is 1.43. The Hall–Kier alpha value is -7.09. The first kappa shape index (κ1) is 30.5. The normalized spacial score (nSPS) is 11.7. The summed E-state index contributed by atoms with van der Waals surface area (Å²) in [7, 11) is 0. The van der Waals surface area contributed by atoms with Gasteiger partial charge in [-0.1, -0.05) is 158 Å². The summed E-state index contributed by atoms with van der Waals surface area (Å²) in [5.41, 5.74) is 10.2. The minimum Gasteiger partial charge on any atom is -0.247 e. The number of rotatable bonds is 4. The molecule has 0 N–H and O–H groups in total. The Morgan fingerprint density at radius 1 is 0.241 bits per heavy atom. The smallest absolute Gasteiger partial charge is 0.0794 e. The second-order valence-electron chi connectivity index (χ2n) is 14.3. The van der Waals surface area contributed by atoms with Crippen LogP contribution in [0.2, 0.25) is 0 Å². The van der Waals surface area contributed by atoms with Crippen molar-refractivity contribution in [2.75, 3.05) is 0 Å². The molecule has 0 aliphatic heterocycles. The fourth-order valence-corrected chi connectivity index (χ4v) is 8.55. The van der Waals surface area contributed by atoms with Crippen LogP contribution >= 0.6 is 0 Å². The fraction of sp³-hybridized carbons (Fsp3) is 0. The number of pyridine rings is 1. The molecule has 0 aliphatic rings. The maximum absolute atomic E-state index is 5.45. The molecule has 54 heavy (non-hydrogen) atoms. The molecule has 0 amide bonds. The van der Waals surface area contributed by atoms with Gasteiger partial charge < -0.3 is 0 Å². The summed E-state index contributed by atoms with van der Waals surface area (Å²) >= 11 is 0. The van der Waals surface area contributed by atoms with E-state index in [1.165, 1.54) is 87.1 Å². The molecule has 0 saturated heterocycles. The highest BCUT2D eigenvalue weighted by molar-refractivity contribution is 6.33. The molecule has 1 heterocycles. The average Bonchev–Trinajstić information content (AvgIpc) is 3.25. The molecule has 0 unspecified atom stereocenters. The quantitative estimate of drug-likeness (QED) is 0.168. The zero-order valence-corrected chi connectivity index (χ0v) is 29.5. The number of hydrogen-bond donors (Lipinski definition) is 0. The predicted octanol–water partition coefficient (Wildman–Crippen LogP) is 14.7. The van der Waals surface area contributed by atoms with Crippen LogP contribution in [0.5, 0.6) is 0 Å². The number of para-hydroxylation sites is 1. The molecule has 1 aromatic heterocycles. The van der Waals surface area contributed by atoms with Crippen molar-refractivity contribution in [3.05, 3.63) is 200 Å². The Kier molecular flexibility index (Phi) is 6.93. The van der Waals surface area contributed by atoms with Crippen molar-refractivity contribution in [3.63, 3.8) is 0 Å². The van der Waals surface area contributed by atoms with E-state index in [9.17, 15) is 0 Å². The summed E-state index contributed by atoms with van der Waals surface area (Å²) < 4.78 is 0. The Bertz CT molecular complexity index is 3180. The van der Waals surface area contributed by atoms with Gasteiger partial charge in [0.2, 0.25) is 0 Å². The lowest BCUT2D eigenvalue weighted by Gasteiger charge is -2.17. The lowest BCUT2D eigenvalue weighted by atomic mass is 9.89. The van der Waals surface area contributed by atoms with E-state index in [2.05, 4.69) is 200 Å². The first-order valence-corrected chi connectivity index (χ1v) is 18.6. The predicted molar refractivity (Wildman–Crippen MR) is 231 cm³/mol. The monoisotopic (exact) mass is 683 g/mol. The molecular formula is C53H33N. The molecule has 0 spiro atoms. The molecule has 1 heteroatoms. The molecule has 11 rings (SSSR count). The highest BCUT2D eigenvalue weighted by atomic mass is 14.7. The molecule has 0 aliphatic carbocycles. The van der Waals surface area contributed by atoms with Crippen molar-refractivity contribution in [1.82, 2.24) is 4.98 Å². The number of hydrogen-bond acceptors (Lipinski definition) is 1.